The number of nitrogens with two attached hydrogens (primary N) is 2. The molecule has 0 aliphatic carbocycles. The van der Waals surface area contributed by atoms with Crippen LogP contribution in [-0.4, -0.2) is 16.6 Å². The molecule has 0 saturated carbocycles. The standard InChI is InChI=1S/C9H11ClN4O/c10-9-13-7(6(11)8(12)14-9)5-3-1-2-4-15-5/h1-2,5H,3-4,11H2,(H2,12,13,14). The van der Waals surface area contributed by atoms with Crippen molar-refractivity contribution >= 4 is 23.1 Å². The highest BCUT2D eigenvalue weighted by Gasteiger charge is 2.20. The van der Waals surface area contributed by atoms with Crippen molar-refractivity contribution in [3.05, 3.63) is 23.1 Å². The third kappa shape index (κ3) is 2.03. The van der Waals surface area contributed by atoms with Crippen LogP contribution in [0.3, 0.4) is 0 Å². The third-order valence-corrected chi connectivity index (χ3v) is 2.36. The number of hydrogen-bond donors (Lipinski definition) is 2. The highest BCUT2D eigenvalue weighted by atomic mass is 35.5. The Morgan fingerprint density at radius 1 is 1.33 bits per heavy atom. The number of ether oxygens (including phenoxy) is 1. The molecule has 0 fully saturated rings. The van der Waals surface area contributed by atoms with Crippen LogP contribution < -0.4 is 11.5 Å². The number of nitrogens with zero attached hydrogens (tertiary/aromatic N) is 2. The molecule has 1 aliphatic rings. The molecular formula is C9H11ClN4O. The molecule has 0 radical (unpaired) electrons. The van der Waals surface area contributed by atoms with Crippen molar-refractivity contribution in [2.75, 3.05) is 18.1 Å². The highest BCUT2D eigenvalue weighted by Crippen LogP contribution is 2.30. The maximum absolute atomic E-state index is 5.77. The molecular weight excluding hydrogens is 216 g/mol. The molecule has 5 nitrogen and oxygen atoms in total. The van der Waals surface area contributed by atoms with Gasteiger partial charge in [-0.05, 0) is 18.0 Å². The molecule has 0 aromatic carbocycles. The first-order chi connectivity index (χ1) is 7.18. The van der Waals surface area contributed by atoms with Crippen LogP contribution in [0.2, 0.25) is 5.28 Å². The van der Waals surface area contributed by atoms with Crippen LogP contribution in [0.25, 0.3) is 0 Å². The summed E-state index contributed by atoms with van der Waals surface area (Å²) in [5.74, 6) is 0.197. The van der Waals surface area contributed by atoms with Gasteiger partial charge in [0.25, 0.3) is 0 Å². The largest absolute Gasteiger partial charge is 0.394 e. The highest BCUT2D eigenvalue weighted by molar-refractivity contribution is 6.28. The van der Waals surface area contributed by atoms with Crippen LogP contribution >= 0.6 is 11.6 Å². The Labute approximate surface area is 92.1 Å². The predicted octanol–water partition coefficient (Wildman–Crippen LogP) is 1.31. The molecule has 0 bridgehead atoms. The van der Waals surface area contributed by atoms with E-state index in [0.29, 0.717) is 18.0 Å². The minimum Gasteiger partial charge on any atom is -0.394 e. The second-order valence-corrected chi connectivity index (χ2v) is 3.54. The van der Waals surface area contributed by atoms with E-state index < -0.39 is 0 Å². The van der Waals surface area contributed by atoms with Gasteiger partial charge >= 0.3 is 0 Å². The molecule has 6 heteroatoms. The van der Waals surface area contributed by atoms with Crippen molar-refractivity contribution in [1.29, 1.82) is 0 Å². The molecule has 80 valence electrons. The lowest BCUT2D eigenvalue weighted by Crippen LogP contribution is -2.14. The summed E-state index contributed by atoms with van der Waals surface area (Å²) in [7, 11) is 0. The smallest absolute Gasteiger partial charge is 0.224 e. The van der Waals surface area contributed by atoms with E-state index in [4.69, 9.17) is 27.8 Å². The number of halogens is 1. The molecule has 1 aliphatic heterocycles. The van der Waals surface area contributed by atoms with Gasteiger partial charge in [-0.3, -0.25) is 0 Å². The summed E-state index contributed by atoms with van der Waals surface area (Å²) >= 11 is 5.71. The number of rotatable bonds is 1. The van der Waals surface area contributed by atoms with E-state index in [9.17, 15) is 0 Å². The number of anilines is 2. The first-order valence-electron chi connectivity index (χ1n) is 4.53. The lowest BCUT2D eigenvalue weighted by molar-refractivity contribution is 0.0652. The second-order valence-electron chi connectivity index (χ2n) is 3.21. The third-order valence-electron chi connectivity index (χ3n) is 2.19. The monoisotopic (exact) mass is 226 g/mol. The van der Waals surface area contributed by atoms with Crippen molar-refractivity contribution in [2.24, 2.45) is 0 Å². The van der Waals surface area contributed by atoms with Gasteiger partial charge in [0.1, 0.15) is 6.10 Å². The van der Waals surface area contributed by atoms with Crippen LogP contribution in [0.5, 0.6) is 0 Å². The summed E-state index contributed by atoms with van der Waals surface area (Å²) in [5, 5.41) is 0.0925. The Balaban J connectivity index is 2.38. The topological polar surface area (TPSA) is 87.0 Å². The van der Waals surface area contributed by atoms with Crippen molar-refractivity contribution in [1.82, 2.24) is 9.97 Å². The second kappa shape index (κ2) is 4.04. The molecule has 2 rings (SSSR count). The van der Waals surface area contributed by atoms with Crippen LogP contribution in [-0.2, 0) is 4.74 Å². The summed E-state index contributed by atoms with van der Waals surface area (Å²) in [4.78, 5) is 7.81. The zero-order valence-corrected chi connectivity index (χ0v) is 8.74. The summed E-state index contributed by atoms with van der Waals surface area (Å²) in [6.07, 6.45) is 4.49. The molecule has 0 saturated heterocycles. The van der Waals surface area contributed by atoms with Crippen molar-refractivity contribution in [2.45, 2.75) is 12.5 Å². The Kier molecular flexibility index (Phi) is 2.75. The quantitative estimate of drug-likeness (QED) is 0.557. The lowest BCUT2D eigenvalue weighted by atomic mass is 10.1. The molecule has 1 aromatic rings. The first-order valence-corrected chi connectivity index (χ1v) is 4.91. The predicted molar refractivity (Wildman–Crippen MR) is 58.3 cm³/mol. The number of aromatic nitrogens is 2. The Morgan fingerprint density at radius 2 is 2.13 bits per heavy atom. The average Bonchev–Trinajstić information content (AvgIpc) is 2.24. The maximum Gasteiger partial charge on any atom is 0.224 e. The fraction of sp³-hybridized carbons (Fsp3) is 0.333. The Bertz CT molecular complexity index is 407. The van der Waals surface area contributed by atoms with Crippen LogP contribution in [0.4, 0.5) is 11.5 Å². The molecule has 4 N–H and O–H groups in total. The van der Waals surface area contributed by atoms with Crippen LogP contribution in [0, 0.1) is 0 Å². The van der Waals surface area contributed by atoms with Gasteiger partial charge in [-0.2, -0.15) is 4.98 Å². The molecule has 1 atom stereocenters. The van der Waals surface area contributed by atoms with E-state index in [2.05, 4.69) is 9.97 Å². The summed E-state index contributed by atoms with van der Waals surface area (Å²) in [6, 6.07) is 0. The van der Waals surface area contributed by atoms with Gasteiger partial charge in [0.2, 0.25) is 5.28 Å². The Hall–Kier alpha value is -1.33. The molecule has 1 unspecified atom stereocenters. The summed E-state index contributed by atoms with van der Waals surface area (Å²) in [6.45, 7) is 0.547. The zero-order chi connectivity index (χ0) is 10.8. The summed E-state index contributed by atoms with van der Waals surface area (Å²) < 4.78 is 5.48. The van der Waals surface area contributed by atoms with E-state index in [-0.39, 0.29) is 17.2 Å². The molecule has 2 heterocycles. The van der Waals surface area contributed by atoms with Gasteiger partial charge in [0.05, 0.1) is 18.0 Å². The van der Waals surface area contributed by atoms with Gasteiger partial charge in [-0.25, -0.2) is 4.98 Å². The van der Waals surface area contributed by atoms with Gasteiger partial charge in [-0.15, -0.1) is 0 Å². The van der Waals surface area contributed by atoms with Gasteiger partial charge in [0, 0.05) is 0 Å². The minimum absolute atomic E-state index is 0.0925. The maximum atomic E-state index is 5.77. The van der Waals surface area contributed by atoms with Crippen molar-refractivity contribution < 1.29 is 4.74 Å². The zero-order valence-electron chi connectivity index (χ0n) is 7.98. The molecule has 1 aromatic heterocycles. The minimum atomic E-state index is -0.183. The SMILES string of the molecule is Nc1nc(Cl)nc(C2CC=CCO2)c1N. The fourth-order valence-corrected chi connectivity index (χ4v) is 1.62. The molecule has 0 amide bonds. The Morgan fingerprint density at radius 3 is 2.80 bits per heavy atom. The van der Waals surface area contributed by atoms with Crippen LogP contribution in [0.1, 0.15) is 18.2 Å². The molecule has 15 heavy (non-hydrogen) atoms. The van der Waals surface area contributed by atoms with Crippen LogP contribution in [0.15, 0.2) is 12.2 Å². The van der Waals surface area contributed by atoms with Crippen molar-refractivity contribution in [3.63, 3.8) is 0 Å². The van der Waals surface area contributed by atoms with E-state index >= 15 is 0 Å². The normalized spacial score (nSPS) is 20.5. The van der Waals surface area contributed by atoms with E-state index in [1.807, 2.05) is 12.2 Å². The average molecular weight is 227 g/mol. The number of nitrogen functional groups attached to an aromatic ring is 2. The van der Waals surface area contributed by atoms with Gasteiger partial charge in [-0.1, -0.05) is 12.2 Å². The van der Waals surface area contributed by atoms with E-state index in [0.717, 1.165) is 6.42 Å². The summed E-state index contributed by atoms with van der Waals surface area (Å²) in [5.41, 5.74) is 12.3. The van der Waals surface area contributed by atoms with Crippen molar-refractivity contribution in [3.8, 4) is 0 Å². The first kappa shape index (κ1) is 10.2. The van der Waals surface area contributed by atoms with Gasteiger partial charge < -0.3 is 16.2 Å². The lowest BCUT2D eigenvalue weighted by Gasteiger charge is -2.20. The number of hydrogen-bond acceptors (Lipinski definition) is 5. The fourth-order valence-electron chi connectivity index (χ4n) is 1.44. The molecule has 0 spiro atoms. The van der Waals surface area contributed by atoms with Gasteiger partial charge in [0.15, 0.2) is 5.82 Å². The van der Waals surface area contributed by atoms with E-state index in [1.165, 1.54) is 0 Å². The van der Waals surface area contributed by atoms with E-state index in [1.54, 1.807) is 0 Å².